The lowest BCUT2D eigenvalue weighted by molar-refractivity contribution is -0.135. The number of amides is 1. The van der Waals surface area contributed by atoms with Gasteiger partial charge in [-0.25, -0.2) is 9.18 Å². The van der Waals surface area contributed by atoms with E-state index in [0.717, 1.165) is 17.8 Å². The van der Waals surface area contributed by atoms with Crippen LogP contribution < -0.4 is 10.1 Å². The number of nitrogens with zero attached hydrogens (tertiary/aromatic N) is 2. The second kappa shape index (κ2) is 8.25. The molecule has 2 rings (SSSR count). The third kappa shape index (κ3) is 4.66. The van der Waals surface area contributed by atoms with Crippen LogP contribution in [0.1, 0.15) is 12.5 Å². The number of methoxy groups -OCH3 is 1. The maximum atomic E-state index is 13.8. The summed E-state index contributed by atoms with van der Waals surface area (Å²) >= 11 is 0.933. The van der Waals surface area contributed by atoms with E-state index in [2.05, 4.69) is 20.3 Å². The Balaban J connectivity index is 2.06. The molecule has 0 radical (unpaired) electrons. The van der Waals surface area contributed by atoms with E-state index >= 15 is 0 Å². The summed E-state index contributed by atoms with van der Waals surface area (Å²) in [5, 5.41) is 10.1. The minimum absolute atomic E-state index is 0.142. The van der Waals surface area contributed by atoms with Gasteiger partial charge in [0.2, 0.25) is 0 Å². The zero-order chi connectivity index (χ0) is 17.5. The average molecular weight is 351 g/mol. The van der Waals surface area contributed by atoms with Gasteiger partial charge in [-0.3, -0.25) is 10.1 Å². The largest absolute Gasteiger partial charge is 0.494 e. The van der Waals surface area contributed by atoms with E-state index in [1.807, 2.05) is 0 Å². The Morgan fingerprint density at radius 1 is 1.46 bits per heavy atom. The van der Waals surface area contributed by atoms with Crippen molar-refractivity contribution in [3.8, 4) is 5.75 Å². The van der Waals surface area contributed by atoms with Gasteiger partial charge in [0.05, 0.1) is 24.8 Å². The number of nitrogens with one attached hydrogen (secondary N) is 1. The molecule has 1 saturated heterocycles. The van der Waals surface area contributed by atoms with Crippen molar-refractivity contribution in [2.24, 2.45) is 10.2 Å². The van der Waals surface area contributed by atoms with Gasteiger partial charge in [-0.15, -0.1) is 5.10 Å². The summed E-state index contributed by atoms with van der Waals surface area (Å²) in [5.41, 5.74) is 0.224. The van der Waals surface area contributed by atoms with Gasteiger partial charge in [-0.05, 0) is 30.8 Å². The second-order valence-corrected chi connectivity index (χ2v) is 5.38. The highest BCUT2D eigenvalue weighted by molar-refractivity contribution is 8.18. The summed E-state index contributed by atoms with van der Waals surface area (Å²) in [4.78, 5) is 22.9. The molecule has 1 aliphatic heterocycles. The van der Waals surface area contributed by atoms with Crippen LogP contribution in [0.5, 0.6) is 5.75 Å². The standard InChI is InChI=1S/C15H14FN3O4S/c1-3-23-10-5-4-9(11(16)6-10)8-17-19-15-18-14(21)12(24-15)7-13(20)22-2/h4-8H,3H2,1-2H3,(H,18,19,21)/b12-7+,17-8?. The van der Waals surface area contributed by atoms with Crippen molar-refractivity contribution in [3.05, 3.63) is 40.6 Å². The molecule has 0 atom stereocenters. The lowest BCUT2D eigenvalue weighted by atomic mass is 10.2. The van der Waals surface area contributed by atoms with Crippen LogP contribution in [0.2, 0.25) is 0 Å². The summed E-state index contributed by atoms with van der Waals surface area (Å²) in [6, 6.07) is 4.37. The summed E-state index contributed by atoms with van der Waals surface area (Å²) in [6.07, 6.45) is 2.27. The lowest BCUT2D eigenvalue weighted by Gasteiger charge is -2.03. The predicted molar refractivity (Wildman–Crippen MR) is 88.4 cm³/mol. The number of rotatable bonds is 5. The number of thioether (sulfide) groups is 1. The van der Waals surface area contributed by atoms with E-state index in [-0.39, 0.29) is 15.6 Å². The van der Waals surface area contributed by atoms with E-state index in [1.165, 1.54) is 25.5 Å². The summed E-state index contributed by atoms with van der Waals surface area (Å²) < 4.78 is 23.5. The smallest absolute Gasteiger partial charge is 0.331 e. The van der Waals surface area contributed by atoms with Crippen LogP contribution in [0, 0.1) is 5.82 Å². The van der Waals surface area contributed by atoms with Gasteiger partial charge in [0.25, 0.3) is 5.91 Å². The number of benzene rings is 1. The molecule has 24 heavy (non-hydrogen) atoms. The first-order chi connectivity index (χ1) is 11.5. The van der Waals surface area contributed by atoms with Gasteiger partial charge >= 0.3 is 5.97 Å². The first kappa shape index (κ1) is 17.7. The molecule has 1 amide bonds. The fourth-order valence-electron chi connectivity index (χ4n) is 1.65. The zero-order valence-corrected chi connectivity index (χ0v) is 13.7. The molecule has 1 heterocycles. The van der Waals surface area contributed by atoms with E-state index < -0.39 is 17.7 Å². The van der Waals surface area contributed by atoms with Crippen molar-refractivity contribution in [3.63, 3.8) is 0 Å². The Kier molecular flexibility index (Phi) is 6.07. The van der Waals surface area contributed by atoms with E-state index in [1.54, 1.807) is 13.0 Å². The van der Waals surface area contributed by atoms with Crippen LogP contribution in [0.25, 0.3) is 0 Å². The average Bonchev–Trinajstić information content (AvgIpc) is 2.89. The highest BCUT2D eigenvalue weighted by Crippen LogP contribution is 2.23. The van der Waals surface area contributed by atoms with Crippen LogP contribution in [-0.4, -0.2) is 37.0 Å². The molecule has 7 nitrogen and oxygen atoms in total. The highest BCUT2D eigenvalue weighted by atomic mass is 32.2. The minimum atomic E-state index is -0.645. The molecular formula is C15H14FN3O4S. The van der Waals surface area contributed by atoms with Crippen molar-refractivity contribution in [2.75, 3.05) is 13.7 Å². The lowest BCUT2D eigenvalue weighted by Crippen LogP contribution is -2.19. The summed E-state index contributed by atoms with van der Waals surface area (Å²) in [5.74, 6) is -1.20. The molecule has 0 unspecified atom stereocenters. The molecule has 9 heteroatoms. The van der Waals surface area contributed by atoms with Crippen LogP contribution in [0.3, 0.4) is 0 Å². The Bertz CT molecular complexity index is 746. The molecule has 1 aliphatic rings. The normalized spacial score (nSPS) is 17.5. The van der Waals surface area contributed by atoms with Crippen LogP contribution in [0.4, 0.5) is 4.39 Å². The number of ether oxygens (including phenoxy) is 2. The fourth-order valence-corrected chi connectivity index (χ4v) is 2.39. The first-order valence-corrected chi connectivity index (χ1v) is 7.67. The van der Waals surface area contributed by atoms with Gasteiger partial charge in [-0.2, -0.15) is 5.10 Å². The molecule has 1 N–H and O–H groups in total. The molecule has 126 valence electrons. The zero-order valence-electron chi connectivity index (χ0n) is 12.9. The topological polar surface area (TPSA) is 89.4 Å². The number of halogens is 1. The van der Waals surface area contributed by atoms with Crippen LogP contribution in [0.15, 0.2) is 39.4 Å². The van der Waals surface area contributed by atoms with Crippen molar-refractivity contribution in [2.45, 2.75) is 6.92 Å². The third-order valence-electron chi connectivity index (χ3n) is 2.73. The molecule has 0 saturated carbocycles. The molecule has 1 aromatic carbocycles. The number of amidine groups is 1. The molecule has 1 aromatic rings. The minimum Gasteiger partial charge on any atom is -0.494 e. The Morgan fingerprint density at radius 2 is 2.25 bits per heavy atom. The maximum absolute atomic E-state index is 13.8. The van der Waals surface area contributed by atoms with Gasteiger partial charge < -0.3 is 9.47 Å². The Labute approximate surface area is 141 Å². The number of hydrogen-bond acceptors (Lipinski definition) is 7. The SMILES string of the molecule is CCOc1ccc(C=N/N=C2/NC(=O)/C(=C\C(=O)OC)S2)c(F)c1. The molecule has 0 aromatic heterocycles. The Hall–Kier alpha value is -2.68. The molecule has 0 aliphatic carbocycles. The molecule has 0 bridgehead atoms. The van der Waals surface area contributed by atoms with Gasteiger partial charge in [0, 0.05) is 17.7 Å². The molecular weight excluding hydrogens is 337 g/mol. The van der Waals surface area contributed by atoms with Crippen LogP contribution in [-0.2, 0) is 14.3 Å². The Morgan fingerprint density at radius 3 is 2.92 bits per heavy atom. The number of carbonyl (C=O) groups is 2. The number of hydrogen-bond donors (Lipinski definition) is 1. The van der Waals surface area contributed by atoms with Gasteiger partial charge in [0.15, 0.2) is 5.17 Å². The summed E-state index contributed by atoms with van der Waals surface area (Å²) in [6.45, 7) is 2.25. The van der Waals surface area contributed by atoms with Crippen molar-refractivity contribution >= 4 is 35.0 Å². The third-order valence-corrected chi connectivity index (χ3v) is 3.63. The number of esters is 1. The van der Waals surface area contributed by atoms with E-state index in [9.17, 15) is 14.0 Å². The van der Waals surface area contributed by atoms with Crippen LogP contribution >= 0.6 is 11.8 Å². The number of carbonyl (C=O) groups excluding carboxylic acids is 2. The van der Waals surface area contributed by atoms with Gasteiger partial charge in [-0.1, -0.05) is 0 Å². The summed E-state index contributed by atoms with van der Waals surface area (Å²) in [7, 11) is 1.21. The fraction of sp³-hybridized carbons (Fsp3) is 0.200. The van der Waals surface area contributed by atoms with Gasteiger partial charge in [0.1, 0.15) is 11.6 Å². The molecule has 1 fully saturated rings. The highest BCUT2D eigenvalue weighted by Gasteiger charge is 2.24. The van der Waals surface area contributed by atoms with Crippen molar-refractivity contribution < 1.29 is 23.5 Å². The molecule has 0 spiro atoms. The van der Waals surface area contributed by atoms with Crippen molar-refractivity contribution in [1.82, 2.24) is 5.32 Å². The quantitative estimate of drug-likeness (QED) is 0.378. The van der Waals surface area contributed by atoms with E-state index in [4.69, 9.17) is 4.74 Å². The second-order valence-electron chi connectivity index (χ2n) is 4.35. The van der Waals surface area contributed by atoms with E-state index in [0.29, 0.717) is 12.4 Å². The maximum Gasteiger partial charge on any atom is 0.331 e. The monoisotopic (exact) mass is 351 g/mol. The van der Waals surface area contributed by atoms with Crippen molar-refractivity contribution in [1.29, 1.82) is 0 Å². The first-order valence-electron chi connectivity index (χ1n) is 6.85. The predicted octanol–water partition coefficient (Wildman–Crippen LogP) is 1.83.